The normalized spacial score (nSPS) is 10.1. The minimum atomic E-state index is -0.941. The lowest BCUT2D eigenvalue weighted by Crippen LogP contribution is -2.31. The summed E-state index contributed by atoms with van der Waals surface area (Å²) in [4.78, 5) is 26.0. The number of rotatable bonds is 9. The third-order valence-corrected chi connectivity index (χ3v) is 2.59. The summed E-state index contributed by atoms with van der Waals surface area (Å²) in [6.07, 6.45) is 3.39. The standard InChI is InChI=1S/C14H21N3O4/c1-2-3-7-21-8-6-15-14(20)17-12-5-4-11(16-10-12)9-13(18)19/h4-5,10H,2-3,6-9H2,1H3,(H,18,19)(H2,15,17,20). The Bertz CT molecular complexity index is 448. The minimum Gasteiger partial charge on any atom is -0.481 e. The third kappa shape index (κ3) is 7.88. The van der Waals surface area contributed by atoms with Crippen molar-refractivity contribution in [2.45, 2.75) is 26.2 Å². The number of carbonyl (C=O) groups excluding carboxylic acids is 1. The number of urea groups is 1. The molecule has 0 saturated heterocycles. The molecule has 0 saturated carbocycles. The number of unbranched alkanes of at least 4 members (excludes halogenated alkanes) is 1. The molecule has 0 aliphatic carbocycles. The van der Waals surface area contributed by atoms with Crippen LogP contribution in [0.1, 0.15) is 25.5 Å². The Labute approximate surface area is 123 Å². The van der Waals surface area contributed by atoms with E-state index >= 15 is 0 Å². The largest absolute Gasteiger partial charge is 0.481 e. The summed E-state index contributed by atoms with van der Waals surface area (Å²) >= 11 is 0. The van der Waals surface area contributed by atoms with E-state index in [2.05, 4.69) is 22.5 Å². The summed E-state index contributed by atoms with van der Waals surface area (Å²) in [5.41, 5.74) is 0.950. The van der Waals surface area contributed by atoms with E-state index in [1.165, 1.54) is 6.20 Å². The molecule has 21 heavy (non-hydrogen) atoms. The molecule has 2 amide bonds. The van der Waals surface area contributed by atoms with E-state index in [9.17, 15) is 9.59 Å². The van der Waals surface area contributed by atoms with Gasteiger partial charge in [-0.2, -0.15) is 0 Å². The van der Waals surface area contributed by atoms with E-state index in [0.717, 1.165) is 12.8 Å². The second-order valence-corrected chi connectivity index (χ2v) is 4.46. The number of amides is 2. The first-order valence-electron chi connectivity index (χ1n) is 6.91. The van der Waals surface area contributed by atoms with Crippen LogP contribution in [0.3, 0.4) is 0 Å². The average molecular weight is 295 g/mol. The van der Waals surface area contributed by atoms with Crippen molar-refractivity contribution in [2.75, 3.05) is 25.1 Å². The van der Waals surface area contributed by atoms with Crippen LogP contribution in [0.5, 0.6) is 0 Å². The van der Waals surface area contributed by atoms with Gasteiger partial charge >= 0.3 is 12.0 Å². The van der Waals surface area contributed by atoms with Crippen molar-refractivity contribution in [1.29, 1.82) is 0 Å². The highest BCUT2D eigenvalue weighted by Gasteiger charge is 2.04. The van der Waals surface area contributed by atoms with Gasteiger partial charge in [0, 0.05) is 13.2 Å². The van der Waals surface area contributed by atoms with Gasteiger partial charge in [0.25, 0.3) is 0 Å². The molecule has 0 aliphatic heterocycles. The van der Waals surface area contributed by atoms with Gasteiger partial charge in [-0.05, 0) is 18.6 Å². The fourth-order valence-corrected chi connectivity index (χ4v) is 1.52. The van der Waals surface area contributed by atoms with Crippen molar-refractivity contribution < 1.29 is 19.4 Å². The number of carbonyl (C=O) groups is 2. The molecule has 0 atom stereocenters. The lowest BCUT2D eigenvalue weighted by molar-refractivity contribution is -0.136. The van der Waals surface area contributed by atoms with E-state index in [4.69, 9.17) is 9.84 Å². The summed E-state index contributed by atoms with van der Waals surface area (Å²) in [7, 11) is 0. The number of pyridine rings is 1. The first kappa shape index (κ1) is 16.9. The SMILES string of the molecule is CCCCOCCNC(=O)Nc1ccc(CC(=O)O)nc1. The number of anilines is 1. The molecule has 7 nitrogen and oxygen atoms in total. The lowest BCUT2D eigenvalue weighted by Gasteiger charge is -2.08. The molecule has 1 heterocycles. The van der Waals surface area contributed by atoms with Gasteiger partial charge in [0.05, 0.1) is 30.6 Å². The van der Waals surface area contributed by atoms with Crippen molar-refractivity contribution in [3.8, 4) is 0 Å². The molecule has 116 valence electrons. The smallest absolute Gasteiger partial charge is 0.319 e. The van der Waals surface area contributed by atoms with Crippen LogP contribution >= 0.6 is 0 Å². The van der Waals surface area contributed by atoms with E-state index in [0.29, 0.717) is 31.1 Å². The fraction of sp³-hybridized carbons (Fsp3) is 0.500. The van der Waals surface area contributed by atoms with Crippen LogP contribution in [0.4, 0.5) is 10.5 Å². The molecule has 1 rings (SSSR count). The molecule has 0 aromatic carbocycles. The topological polar surface area (TPSA) is 101 Å². The van der Waals surface area contributed by atoms with E-state index in [-0.39, 0.29) is 12.5 Å². The molecule has 7 heteroatoms. The van der Waals surface area contributed by atoms with Gasteiger partial charge in [0.2, 0.25) is 0 Å². The Kier molecular flexibility index (Phi) is 7.81. The summed E-state index contributed by atoms with van der Waals surface area (Å²) in [5.74, 6) is -0.941. The number of hydrogen-bond acceptors (Lipinski definition) is 4. The second kappa shape index (κ2) is 9.71. The van der Waals surface area contributed by atoms with Crippen molar-refractivity contribution in [1.82, 2.24) is 10.3 Å². The van der Waals surface area contributed by atoms with Gasteiger partial charge in [-0.1, -0.05) is 13.3 Å². The Balaban J connectivity index is 2.23. The molecule has 1 aromatic heterocycles. The molecule has 0 radical (unpaired) electrons. The summed E-state index contributed by atoms with van der Waals surface area (Å²) in [6, 6.07) is 2.84. The van der Waals surface area contributed by atoms with Crippen molar-refractivity contribution in [3.05, 3.63) is 24.0 Å². The number of carboxylic acids is 1. The number of carboxylic acid groups (broad SMARTS) is 1. The van der Waals surface area contributed by atoms with Crippen molar-refractivity contribution >= 4 is 17.7 Å². The van der Waals surface area contributed by atoms with Crippen LogP contribution in [0.15, 0.2) is 18.3 Å². The van der Waals surface area contributed by atoms with Gasteiger partial charge in [-0.25, -0.2) is 4.79 Å². The Morgan fingerprint density at radius 1 is 1.33 bits per heavy atom. The number of hydrogen-bond donors (Lipinski definition) is 3. The molecule has 3 N–H and O–H groups in total. The minimum absolute atomic E-state index is 0.137. The van der Waals surface area contributed by atoms with Gasteiger partial charge in [0.1, 0.15) is 0 Å². The molecule has 0 fully saturated rings. The highest BCUT2D eigenvalue weighted by molar-refractivity contribution is 5.89. The molecule has 0 bridgehead atoms. The third-order valence-electron chi connectivity index (χ3n) is 2.59. The highest BCUT2D eigenvalue weighted by atomic mass is 16.5. The number of aliphatic carboxylic acids is 1. The summed E-state index contributed by atoms with van der Waals surface area (Å²) in [6.45, 7) is 3.70. The van der Waals surface area contributed by atoms with Crippen LogP contribution in [0.2, 0.25) is 0 Å². The summed E-state index contributed by atoms with van der Waals surface area (Å²) in [5, 5.41) is 13.9. The van der Waals surface area contributed by atoms with Crippen LogP contribution < -0.4 is 10.6 Å². The predicted octanol–water partition coefficient (Wildman–Crippen LogP) is 1.65. The summed E-state index contributed by atoms with van der Waals surface area (Å²) < 4.78 is 5.32. The molecule has 0 unspecified atom stereocenters. The number of nitrogens with one attached hydrogen (secondary N) is 2. The number of ether oxygens (including phenoxy) is 1. The maximum atomic E-state index is 11.6. The van der Waals surface area contributed by atoms with Gasteiger partial charge in [0.15, 0.2) is 0 Å². The maximum absolute atomic E-state index is 11.6. The number of aromatic nitrogens is 1. The maximum Gasteiger partial charge on any atom is 0.319 e. The monoisotopic (exact) mass is 295 g/mol. The van der Waals surface area contributed by atoms with Crippen LogP contribution in [0.25, 0.3) is 0 Å². The van der Waals surface area contributed by atoms with Crippen LogP contribution in [-0.2, 0) is 16.0 Å². The van der Waals surface area contributed by atoms with Gasteiger partial charge < -0.3 is 20.5 Å². The first-order chi connectivity index (χ1) is 10.1. The van der Waals surface area contributed by atoms with E-state index in [1.807, 2.05) is 0 Å². The molecule has 0 aliphatic rings. The second-order valence-electron chi connectivity index (χ2n) is 4.46. The average Bonchev–Trinajstić information content (AvgIpc) is 2.44. The molecular formula is C14H21N3O4. The van der Waals surface area contributed by atoms with Crippen LogP contribution in [-0.4, -0.2) is 41.8 Å². The van der Waals surface area contributed by atoms with E-state index < -0.39 is 5.97 Å². The molecule has 1 aromatic rings. The quantitative estimate of drug-likeness (QED) is 0.601. The van der Waals surface area contributed by atoms with Gasteiger partial charge in [-0.3, -0.25) is 9.78 Å². The Hall–Kier alpha value is -2.15. The molecular weight excluding hydrogens is 274 g/mol. The zero-order valence-corrected chi connectivity index (χ0v) is 12.1. The van der Waals surface area contributed by atoms with Crippen LogP contribution in [0, 0.1) is 0 Å². The highest BCUT2D eigenvalue weighted by Crippen LogP contribution is 2.06. The van der Waals surface area contributed by atoms with Crippen molar-refractivity contribution in [3.63, 3.8) is 0 Å². The van der Waals surface area contributed by atoms with Gasteiger partial charge in [-0.15, -0.1) is 0 Å². The zero-order valence-electron chi connectivity index (χ0n) is 12.1. The first-order valence-corrected chi connectivity index (χ1v) is 6.91. The van der Waals surface area contributed by atoms with E-state index in [1.54, 1.807) is 12.1 Å². The lowest BCUT2D eigenvalue weighted by atomic mass is 10.2. The number of nitrogens with zero attached hydrogens (tertiary/aromatic N) is 1. The Morgan fingerprint density at radius 2 is 2.14 bits per heavy atom. The molecule has 0 spiro atoms. The Morgan fingerprint density at radius 3 is 2.76 bits per heavy atom. The predicted molar refractivity (Wildman–Crippen MR) is 78.3 cm³/mol. The zero-order chi connectivity index (χ0) is 15.5. The fourth-order valence-electron chi connectivity index (χ4n) is 1.52. The van der Waals surface area contributed by atoms with Crippen molar-refractivity contribution in [2.24, 2.45) is 0 Å².